The zero-order chi connectivity index (χ0) is 32.1. The maximum atomic E-state index is 12.6. The highest BCUT2D eigenvalue weighted by Gasteiger charge is 2.30. The molecule has 43 heavy (non-hydrogen) atoms. The lowest BCUT2D eigenvalue weighted by atomic mass is 9.92. The Kier molecular flexibility index (Phi) is 27.6. The van der Waals surface area contributed by atoms with Crippen molar-refractivity contribution in [2.75, 3.05) is 33.5 Å². The van der Waals surface area contributed by atoms with Gasteiger partial charge in [0.2, 0.25) is 0 Å². The fourth-order valence-corrected chi connectivity index (χ4v) is 6.03. The Morgan fingerprint density at radius 1 is 0.651 bits per heavy atom. The van der Waals surface area contributed by atoms with Crippen molar-refractivity contribution in [1.29, 1.82) is 0 Å². The summed E-state index contributed by atoms with van der Waals surface area (Å²) in [5, 5.41) is 2.62. The zero-order valence-electron chi connectivity index (χ0n) is 28.4. The molecule has 0 aromatic rings. The molecule has 1 atom stereocenters. The van der Waals surface area contributed by atoms with Crippen LogP contribution in [-0.4, -0.2) is 51.1 Å². The van der Waals surface area contributed by atoms with E-state index in [0.717, 1.165) is 38.5 Å². The number of rotatable bonds is 31. The Hall–Kier alpha value is -1.15. The molecule has 0 aliphatic heterocycles. The van der Waals surface area contributed by atoms with Crippen LogP contribution in [0.25, 0.3) is 0 Å². The molecule has 0 aliphatic carbocycles. The SMILES string of the molecule is CCCCCCCCCCCCCCCCCC(=O)OCCCOP(=O)(OC)OCCNC(=O)OC(CC)(CC)CCC. The quantitative estimate of drug-likeness (QED) is 0.0455. The average molecular weight is 636 g/mol. The molecule has 0 bridgehead atoms. The van der Waals surface area contributed by atoms with E-state index in [1.54, 1.807) is 0 Å². The number of ether oxygens (including phenoxy) is 2. The number of hydrogen-bond acceptors (Lipinski definition) is 8. The molecule has 0 heterocycles. The van der Waals surface area contributed by atoms with E-state index in [0.29, 0.717) is 12.8 Å². The van der Waals surface area contributed by atoms with E-state index >= 15 is 0 Å². The predicted molar refractivity (Wildman–Crippen MR) is 174 cm³/mol. The summed E-state index contributed by atoms with van der Waals surface area (Å²) in [6, 6.07) is 0. The lowest BCUT2D eigenvalue weighted by Crippen LogP contribution is -2.39. The second kappa shape index (κ2) is 28.3. The largest absolute Gasteiger partial charge is 0.474 e. The normalized spacial score (nSPS) is 13.0. The Morgan fingerprint density at radius 2 is 1.16 bits per heavy atom. The molecule has 0 rings (SSSR count). The fraction of sp³-hybridized carbons (Fsp3) is 0.939. The van der Waals surface area contributed by atoms with Gasteiger partial charge in [-0.25, -0.2) is 9.36 Å². The molecule has 256 valence electrons. The third-order valence-corrected chi connectivity index (χ3v) is 9.38. The van der Waals surface area contributed by atoms with E-state index in [1.807, 2.05) is 13.8 Å². The average Bonchev–Trinajstić information content (AvgIpc) is 3.00. The Bertz CT molecular complexity index is 717. The first-order chi connectivity index (χ1) is 20.8. The van der Waals surface area contributed by atoms with Gasteiger partial charge < -0.3 is 14.8 Å². The first-order valence-corrected chi connectivity index (χ1v) is 18.8. The molecule has 0 aromatic carbocycles. The van der Waals surface area contributed by atoms with Gasteiger partial charge >= 0.3 is 19.9 Å². The Morgan fingerprint density at radius 3 is 1.65 bits per heavy atom. The third kappa shape index (κ3) is 23.8. The van der Waals surface area contributed by atoms with Crippen molar-refractivity contribution in [2.24, 2.45) is 0 Å². The molecule has 1 N–H and O–H groups in total. The van der Waals surface area contributed by atoms with E-state index in [1.165, 1.54) is 90.6 Å². The van der Waals surface area contributed by atoms with Gasteiger partial charge in [0, 0.05) is 26.5 Å². The number of hydrogen-bond donors (Lipinski definition) is 1. The minimum absolute atomic E-state index is 0.0549. The number of carbonyl (C=O) groups excluding carboxylic acids is 2. The van der Waals surface area contributed by atoms with Crippen LogP contribution < -0.4 is 5.32 Å². The minimum atomic E-state index is -3.77. The summed E-state index contributed by atoms with van der Waals surface area (Å²) in [5.41, 5.74) is -0.472. The molecule has 1 amide bonds. The predicted octanol–water partition coefficient (Wildman–Crippen LogP) is 10.1. The molecular weight excluding hydrogens is 569 g/mol. The summed E-state index contributed by atoms with van der Waals surface area (Å²) in [7, 11) is -2.53. The molecular formula is C33H66NO8P. The van der Waals surface area contributed by atoms with Crippen LogP contribution in [0.15, 0.2) is 0 Å². The number of esters is 1. The van der Waals surface area contributed by atoms with Gasteiger partial charge in [-0.15, -0.1) is 0 Å². The highest BCUT2D eigenvalue weighted by Crippen LogP contribution is 2.48. The molecule has 0 aromatic heterocycles. The molecule has 0 saturated heterocycles. The Labute approximate surface area is 263 Å². The summed E-state index contributed by atoms with van der Waals surface area (Å²) in [6.07, 6.45) is 22.8. The van der Waals surface area contributed by atoms with Crippen molar-refractivity contribution in [1.82, 2.24) is 5.32 Å². The van der Waals surface area contributed by atoms with Crippen LogP contribution in [0.1, 0.15) is 163 Å². The molecule has 0 saturated carbocycles. The number of phosphoric acid groups is 1. The van der Waals surface area contributed by atoms with E-state index < -0.39 is 19.5 Å². The third-order valence-electron chi connectivity index (χ3n) is 7.93. The summed E-state index contributed by atoms with van der Waals surface area (Å²) in [5.74, 6) is -0.215. The smallest absolute Gasteiger partial charge is 0.466 e. The molecule has 0 fully saturated rings. The highest BCUT2D eigenvalue weighted by atomic mass is 31.2. The van der Waals surface area contributed by atoms with E-state index in [2.05, 4.69) is 19.2 Å². The summed E-state index contributed by atoms with van der Waals surface area (Å²) < 4.78 is 38.9. The summed E-state index contributed by atoms with van der Waals surface area (Å²) in [4.78, 5) is 24.2. The summed E-state index contributed by atoms with van der Waals surface area (Å²) >= 11 is 0. The summed E-state index contributed by atoms with van der Waals surface area (Å²) in [6.45, 7) is 8.61. The van der Waals surface area contributed by atoms with Crippen molar-refractivity contribution in [3.05, 3.63) is 0 Å². The van der Waals surface area contributed by atoms with Crippen LogP contribution in [-0.2, 0) is 32.4 Å². The molecule has 10 heteroatoms. The minimum Gasteiger partial charge on any atom is -0.466 e. The lowest BCUT2D eigenvalue weighted by molar-refractivity contribution is -0.144. The Balaban J connectivity index is 3.75. The number of phosphoric ester groups is 1. The van der Waals surface area contributed by atoms with Crippen LogP contribution in [0, 0.1) is 0 Å². The fourth-order valence-electron chi connectivity index (χ4n) is 5.07. The molecule has 0 spiro atoms. The van der Waals surface area contributed by atoms with Crippen LogP contribution in [0.4, 0.5) is 4.79 Å². The zero-order valence-corrected chi connectivity index (χ0v) is 29.3. The van der Waals surface area contributed by atoms with Crippen molar-refractivity contribution in [3.63, 3.8) is 0 Å². The van der Waals surface area contributed by atoms with Gasteiger partial charge in [0.05, 0.1) is 19.8 Å². The number of amides is 1. The van der Waals surface area contributed by atoms with E-state index in [-0.39, 0.29) is 32.3 Å². The van der Waals surface area contributed by atoms with E-state index in [4.69, 9.17) is 23.0 Å². The van der Waals surface area contributed by atoms with Gasteiger partial charge in [0.25, 0.3) is 0 Å². The first kappa shape index (κ1) is 41.9. The maximum absolute atomic E-state index is 12.6. The molecule has 0 aliphatic rings. The number of nitrogens with one attached hydrogen (secondary N) is 1. The molecule has 0 radical (unpaired) electrons. The van der Waals surface area contributed by atoms with Gasteiger partial charge in [-0.3, -0.25) is 18.4 Å². The van der Waals surface area contributed by atoms with Gasteiger partial charge in [-0.1, -0.05) is 124 Å². The van der Waals surface area contributed by atoms with E-state index in [9.17, 15) is 14.2 Å². The van der Waals surface area contributed by atoms with Crippen LogP contribution in [0.5, 0.6) is 0 Å². The van der Waals surface area contributed by atoms with Gasteiger partial charge in [0.1, 0.15) is 5.60 Å². The number of unbranched alkanes of at least 4 members (excludes halogenated alkanes) is 14. The van der Waals surface area contributed by atoms with Crippen LogP contribution in [0.2, 0.25) is 0 Å². The van der Waals surface area contributed by atoms with Gasteiger partial charge in [0.15, 0.2) is 0 Å². The highest BCUT2D eigenvalue weighted by molar-refractivity contribution is 7.48. The molecule has 1 unspecified atom stereocenters. The number of alkyl carbamates (subject to hydrolysis) is 1. The standard InChI is InChI=1S/C33H66NO8P/c1-6-10-11-12-13-14-15-16-17-18-19-20-21-22-23-25-31(35)39-28-24-29-40-43(37,38-5)41-30-27-34-32(36)42-33(8-3,9-4)26-7-2/h6-30H2,1-5H3,(H,34,36). The van der Waals surface area contributed by atoms with Crippen LogP contribution >= 0.6 is 7.82 Å². The van der Waals surface area contributed by atoms with Gasteiger partial charge in [-0.2, -0.15) is 0 Å². The first-order valence-electron chi connectivity index (χ1n) is 17.4. The maximum Gasteiger partial charge on any atom is 0.474 e. The topological polar surface area (TPSA) is 109 Å². The van der Waals surface area contributed by atoms with Crippen molar-refractivity contribution < 1.29 is 37.2 Å². The van der Waals surface area contributed by atoms with Crippen molar-refractivity contribution >= 4 is 19.9 Å². The number of carbonyl (C=O) groups is 2. The monoisotopic (exact) mass is 635 g/mol. The second-order valence-electron chi connectivity index (χ2n) is 11.5. The van der Waals surface area contributed by atoms with Gasteiger partial charge in [-0.05, 0) is 25.7 Å². The molecule has 9 nitrogen and oxygen atoms in total. The lowest BCUT2D eigenvalue weighted by Gasteiger charge is -2.31. The van der Waals surface area contributed by atoms with Crippen LogP contribution in [0.3, 0.4) is 0 Å². The van der Waals surface area contributed by atoms with Crippen molar-refractivity contribution in [3.8, 4) is 0 Å². The van der Waals surface area contributed by atoms with Crippen molar-refractivity contribution in [2.45, 2.75) is 168 Å². The second-order valence-corrected chi connectivity index (χ2v) is 13.3.